The smallest absolute Gasteiger partial charge is 0.256 e. The van der Waals surface area contributed by atoms with Crippen molar-refractivity contribution in [3.8, 4) is 0 Å². The van der Waals surface area contributed by atoms with E-state index >= 15 is 0 Å². The standard InChI is InChI=1S/C25H34N2O2S/c1-7-25(5,6)17-12-13-18-19(14-17)30-23(20(18)21(26)28)27-22(29)15-8-10-16(11-9-15)24(2,3)4/h8-11,17H,7,12-14H2,1-6H3,(H2,26,28)(H,27,29). The Labute approximate surface area is 184 Å². The number of thiophene rings is 1. The molecule has 3 rings (SSSR count). The summed E-state index contributed by atoms with van der Waals surface area (Å²) in [7, 11) is 0. The molecule has 1 aliphatic carbocycles. The molecule has 0 bridgehead atoms. The van der Waals surface area contributed by atoms with Crippen molar-refractivity contribution in [1.82, 2.24) is 0 Å². The largest absolute Gasteiger partial charge is 0.365 e. The highest BCUT2D eigenvalue weighted by molar-refractivity contribution is 7.17. The van der Waals surface area contributed by atoms with Gasteiger partial charge in [0.15, 0.2) is 0 Å². The molecule has 1 heterocycles. The van der Waals surface area contributed by atoms with Crippen LogP contribution in [0.4, 0.5) is 5.00 Å². The van der Waals surface area contributed by atoms with E-state index in [1.807, 2.05) is 24.3 Å². The Hall–Kier alpha value is -2.14. The van der Waals surface area contributed by atoms with E-state index in [4.69, 9.17) is 5.73 Å². The SMILES string of the molecule is CCC(C)(C)C1CCc2c(sc(NC(=O)c3ccc(C(C)(C)C)cc3)c2C(N)=O)C1. The summed E-state index contributed by atoms with van der Waals surface area (Å²) in [5.41, 5.74) is 9.31. The fourth-order valence-electron chi connectivity index (χ4n) is 4.19. The van der Waals surface area contributed by atoms with E-state index in [9.17, 15) is 9.59 Å². The molecule has 0 saturated heterocycles. The average molecular weight is 427 g/mol. The Balaban J connectivity index is 1.86. The Morgan fingerprint density at radius 2 is 1.77 bits per heavy atom. The van der Waals surface area contributed by atoms with Gasteiger partial charge in [-0.15, -0.1) is 11.3 Å². The number of primary amides is 1. The van der Waals surface area contributed by atoms with Crippen LogP contribution in [0.5, 0.6) is 0 Å². The van der Waals surface area contributed by atoms with E-state index in [-0.39, 0.29) is 16.7 Å². The predicted molar refractivity (Wildman–Crippen MR) is 126 cm³/mol. The van der Waals surface area contributed by atoms with Gasteiger partial charge in [0.05, 0.1) is 5.56 Å². The first-order valence-electron chi connectivity index (χ1n) is 10.8. The van der Waals surface area contributed by atoms with Crippen LogP contribution >= 0.6 is 11.3 Å². The van der Waals surface area contributed by atoms with Crippen LogP contribution in [0, 0.1) is 11.3 Å². The van der Waals surface area contributed by atoms with Gasteiger partial charge >= 0.3 is 0 Å². The Morgan fingerprint density at radius 3 is 2.30 bits per heavy atom. The molecule has 162 valence electrons. The van der Waals surface area contributed by atoms with Crippen molar-refractivity contribution in [2.75, 3.05) is 5.32 Å². The summed E-state index contributed by atoms with van der Waals surface area (Å²) >= 11 is 1.52. The molecule has 3 N–H and O–H groups in total. The fourth-order valence-corrected chi connectivity index (χ4v) is 5.52. The topological polar surface area (TPSA) is 72.2 Å². The minimum atomic E-state index is -0.459. The highest BCUT2D eigenvalue weighted by Crippen LogP contribution is 2.45. The average Bonchev–Trinajstić information content (AvgIpc) is 3.04. The molecule has 0 spiro atoms. The normalized spacial score (nSPS) is 16.8. The maximum Gasteiger partial charge on any atom is 0.256 e. The van der Waals surface area contributed by atoms with E-state index in [0.717, 1.165) is 31.2 Å². The number of nitrogens with two attached hydrogens (primary N) is 1. The summed E-state index contributed by atoms with van der Waals surface area (Å²) in [5.74, 6) is -0.0936. The third kappa shape index (κ3) is 4.46. The monoisotopic (exact) mass is 426 g/mol. The number of benzene rings is 1. The van der Waals surface area contributed by atoms with Crippen LogP contribution in [-0.2, 0) is 18.3 Å². The highest BCUT2D eigenvalue weighted by atomic mass is 32.1. The van der Waals surface area contributed by atoms with Crippen LogP contribution < -0.4 is 11.1 Å². The van der Waals surface area contributed by atoms with Crippen molar-refractivity contribution in [1.29, 1.82) is 0 Å². The number of carbonyl (C=O) groups is 2. The van der Waals surface area contributed by atoms with Gasteiger partial charge in [-0.05, 0) is 59.3 Å². The van der Waals surface area contributed by atoms with Crippen molar-refractivity contribution in [2.24, 2.45) is 17.1 Å². The van der Waals surface area contributed by atoms with Crippen LogP contribution in [0.25, 0.3) is 0 Å². The molecule has 2 aromatic rings. The number of amides is 2. The summed E-state index contributed by atoms with van der Waals surface area (Å²) in [6.07, 6.45) is 3.95. The molecule has 1 aromatic carbocycles. The van der Waals surface area contributed by atoms with Gasteiger partial charge in [-0.25, -0.2) is 0 Å². The Kier molecular flexibility index (Phi) is 6.15. The second kappa shape index (κ2) is 8.18. The highest BCUT2D eigenvalue weighted by Gasteiger charge is 2.35. The lowest BCUT2D eigenvalue weighted by Crippen LogP contribution is -2.29. The molecule has 1 aromatic heterocycles. The molecule has 0 saturated carbocycles. The molecule has 1 aliphatic rings. The third-order valence-electron chi connectivity index (χ3n) is 6.77. The van der Waals surface area contributed by atoms with Crippen molar-refractivity contribution in [3.05, 3.63) is 51.4 Å². The third-order valence-corrected chi connectivity index (χ3v) is 7.94. The quantitative estimate of drug-likeness (QED) is 0.621. The van der Waals surface area contributed by atoms with Gasteiger partial charge in [-0.1, -0.05) is 60.1 Å². The molecule has 30 heavy (non-hydrogen) atoms. The summed E-state index contributed by atoms with van der Waals surface area (Å²) < 4.78 is 0. The van der Waals surface area contributed by atoms with Crippen molar-refractivity contribution >= 4 is 28.2 Å². The molecule has 4 nitrogen and oxygen atoms in total. The van der Waals surface area contributed by atoms with Crippen LogP contribution in [-0.4, -0.2) is 11.8 Å². The van der Waals surface area contributed by atoms with Gasteiger partial charge in [-0.2, -0.15) is 0 Å². The Bertz CT molecular complexity index is 949. The van der Waals surface area contributed by atoms with Gasteiger partial charge in [0.25, 0.3) is 11.8 Å². The molecule has 0 aliphatic heterocycles. The molecule has 0 radical (unpaired) electrons. The van der Waals surface area contributed by atoms with Gasteiger partial charge in [0, 0.05) is 10.4 Å². The maximum atomic E-state index is 12.9. The first-order chi connectivity index (χ1) is 13.9. The van der Waals surface area contributed by atoms with E-state index in [1.54, 1.807) is 0 Å². The van der Waals surface area contributed by atoms with Crippen LogP contribution in [0.15, 0.2) is 24.3 Å². The summed E-state index contributed by atoms with van der Waals surface area (Å²) in [4.78, 5) is 26.3. The van der Waals surface area contributed by atoms with E-state index in [2.05, 4.69) is 46.9 Å². The lowest BCUT2D eigenvalue weighted by molar-refractivity contribution is 0.0999. The molecule has 5 heteroatoms. The van der Waals surface area contributed by atoms with Crippen LogP contribution in [0.1, 0.15) is 91.1 Å². The number of carbonyl (C=O) groups excluding carboxylic acids is 2. The first-order valence-corrected chi connectivity index (χ1v) is 11.6. The van der Waals surface area contributed by atoms with E-state index in [1.165, 1.54) is 21.8 Å². The second-order valence-corrected chi connectivity index (χ2v) is 11.2. The fraction of sp³-hybridized carbons (Fsp3) is 0.520. The number of nitrogens with one attached hydrogen (secondary N) is 1. The maximum absolute atomic E-state index is 12.9. The number of rotatable bonds is 5. The number of hydrogen-bond donors (Lipinski definition) is 2. The minimum absolute atomic E-state index is 0.0315. The molecule has 0 fully saturated rings. The zero-order chi connectivity index (χ0) is 22.3. The molecule has 1 atom stereocenters. The number of hydrogen-bond acceptors (Lipinski definition) is 3. The second-order valence-electron chi connectivity index (χ2n) is 10.1. The summed E-state index contributed by atoms with van der Waals surface area (Å²) in [6, 6.07) is 7.65. The summed E-state index contributed by atoms with van der Waals surface area (Å²) in [5, 5.41) is 3.56. The van der Waals surface area contributed by atoms with Gasteiger partial charge in [-0.3, -0.25) is 9.59 Å². The number of anilines is 1. The van der Waals surface area contributed by atoms with Crippen molar-refractivity contribution in [3.63, 3.8) is 0 Å². The zero-order valence-electron chi connectivity index (χ0n) is 19.0. The van der Waals surface area contributed by atoms with E-state index < -0.39 is 5.91 Å². The lowest BCUT2D eigenvalue weighted by atomic mass is 9.69. The van der Waals surface area contributed by atoms with Crippen LogP contribution in [0.3, 0.4) is 0 Å². The van der Waals surface area contributed by atoms with Gasteiger partial charge < -0.3 is 11.1 Å². The van der Waals surface area contributed by atoms with Gasteiger partial charge in [0.2, 0.25) is 0 Å². The van der Waals surface area contributed by atoms with Crippen LogP contribution in [0.2, 0.25) is 0 Å². The first kappa shape index (κ1) is 22.5. The molecular weight excluding hydrogens is 392 g/mol. The van der Waals surface area contributed by atoms with Crippen molar-refractivity contribution in [2.45, 2.75) is 72.6 Å². The Morgan fingerprint density at radius 1 is 1.13 bits per heavy atom. The van der Waals surface area contributed by atoms with Crippen molar-refractivity contribution < 1.29 is 9.59 Å². The molecular formula is C25H34N2O2S. The predicted octanol–water partition coefficient (Wildman–Crippen LogP) is 5.94. The summed E-state index contributed by atoms with van der Waals surface area (Å²) in [6.45, 7) is 13.3. The van der Waals surface area contributed by atoms with Gasteiger partial charge in [0.1, 0.15) is 5.00 Å². The lowest BCUT2D eigenvalue weighted by Gasteiger charge is -2.36. The molecule has 2 amide bonds. The number of fused-ring (bicyclic) bond motifs is 1. The molecule has 1 unspecified atom stereocenters. The van der Waals surface area contributed by atoms with E-state index in [0.29, 0.717) is 22.0 Å². The zero-order valence-corrected chi connectivity index (χ0v) is 19.8. The minimum Gasteiger partial charge on any atom is -0.365 e.